The van der Waals surface area contributed by atoms with Gasteiger partial charge in [0.1, 0.15) is 11.4 Å². The number of ether oxygens (including phenoxy) is 1. The molecule has 23 heavy (non-hydrogen) atoms. The Morgan fingerprint density at radius 1 is 1.30 bits per heavy atom. The van der Waals surface area contributed by atoms with E-state index in [0.29, 0.717) is 15.7 Å². The fourth-order valence-corrected chi connectivity index (χ4v) is 2.42. The third-order valence-electron chi connectivity index (χ3n) is 3.07. The zero-order valence-electron chi connectivity index (χ0n) is 13.0. The van der Waals surface area contributed by atoms with Gasteiger partial charge in [-0.1, -0.05) is 12.1 Å². The van der Waals surface area contributed by atoms with E-state index in [9.17, 15) is 9.90 Å². The molecule has 1 heterocycles. The monoisotopic (exact) mass is 378 g/mol. The highest BCUT2D eigenvalue weighted by Crippen LogP contribution is 2.19. The van der Waals surface area contributed by atoms with Crippen molar-refractivity contribution in [2.75, 3.05) is 6.54 Å². The second-order valence-electron chi connectivity index (χ2n) is 5.30. The summed E-state index contributed by atoms with van der Waals surface area (Å²) in [6.45, 7) is 4.01. The van der Waals surface area contributed by atoms with Crippen molar-refractivity contribution in [1.82, 2.24) is 10.3 Å². The zero-order valence-corrected chi connectivity index (χ0v) is 14.6. The maximum atomic E-state index is 12.0. The Hall–Kier alpha value is -1.92. The third-order valence-corrected chi connectivity index (χ3v) is 3.71. The Bertz CT molecular complexity index is 659. The molecule has 0 bridgehead atoms. The topological polar surface area (TPSA) is 71.5 Å². The molecule has 0 saturated heterocycles. The number of pyridine rings is 1. The van der Waals surface area contributed by atoms with Gasteiger partial charge in [-0.05, 0) is 59.6 Å². The maximum Gasteiger partial charge on any atom is 0.271 e. The van der Waals surface area contributed by atoms with Crippen LogP contribution in [-0.2, 0) is 0 Å². The molecule has 1 aromatic heterocycles. The Balaban J connectivity index is 1.93. The molecule has 0 radical (unpaired) electrons. The summed E-state index contributed by atoms with van der Waals surface area (Å²) in [5, 5.41) is 12.8. The number of carbonyl (C=O) groups is 1. The number of benzene rings is 1. The van der Waals surface area contributed by atoms with E-state index in [0.717, 1.165) is 5.75 Å². The van der Waals surface area contributed by atoms with E-state index in [2.05, 4.69) is 26.2 Å². The van der Waals surface area contributed by atoms with Crippen molar-refractivity contribution < 1.29 is 14.6 Å². The zero-order chi connectivity index (χ0) is 16.8. The van der Waals surface area contributed by atoms with E-state index in [4.69, 9.17) is 4.74 Å². The van der Waals surface area contributed by atoms with Crippen LogP contribution in [0.5, 0.6) is 5.75 Å². The highest BCUT2D eigenvalue weighted by atomic mass is 79.9. The molecule has 0 aliphatic heterocycles. The van der Waals surface area contributed by atoms with Gasteiger partial charge < -0.3 is 15.2 Å². The molecular weight excluding hydrogens is 360 g/mol. The summed E-state index contributed by atoms with van der Waals surface area (Å²) in [5.74, 6) is 0.411. The van der Waals surface area contributed by atoms with Gasteiger partial charge in [0, 0.05) is 17.2 Å². The normalized spacial score (nSPS) is 12.0. The number of aliphatic hydroxyl groups is 1. The molecule has 6 heteroatoms. The van der Waals surface area contributed by atoms with Crippen LogP contribution in [-0.4, -0.2) is 28.6 Å². The fraction of sp³-hybridized carbons (Fsp3) is 0.294. The van der Waals surface area contributed by atoms with Gasteiger partial charge in [-0.25, -0.2) is 4.98 Å². The van der Waals surface area contributed by atoms with Crippen LogP contribution in [0.4, 0.5) is 0 Å². The van der Waals surface area contributed by atoms with Crippen LogP contribution >= 0.6 is 15.9 Å². The van der Waals surface area contributed by atoms with E-state index in [1.165, 1.54) is 0 Å². The molecule has 5 nitrogen and oxygen atoms in total. The number of rotatable bonds is 6. The highest BCUT2D eigenvalue weighted by Gasteiger charge is 2.14. The van der Waals surface area contributed by atoms with Gasteiger partial charge in [0.2, 0.25) is 0 Å². The molecule has 1 amide bonds. The summed E-state index contributed by atoms with van der Waals surface area (Å²) in [5.41, 5.74) is 1.00. The quantitative estimate of drug-likeness (QED) is 0.809. The first kappa shape index (κ1) is 17.4. The standard InChI is InChI=1S/C17H19BrN2O3/c1-11(2)23-13-7-5-12(6-8-13)15(21)10-20-17(22)16-14(18)4-3-9-19-16/h3-9,11,15,21H,10H2,1-2H3,(H,20,22)/t15-/m0/s1. The van der Waals surface area contributed by atoms with Gasteiger partial charge in [-0.2, -0.15) is 0 Å². The lowest BCUT2D eigenvalue weighted by atomic mass is 10.1. The van der Waals surface area contributed by atoms with Crippen molar-refractivity contribution in [3.05, 3.63) is 58.3 Å². The molecule has 2 aromatic rings. The summed E-state index contributed by atoms with van der Waals surface area (Å²) in [6.07, 6.45) is 0.847. The first-order valence-corrected chi connectivity index (χ1v) is 8.10. The predicted molar refractivity (Wildman–Crippen MR) is 91.4 cm³/mol. The second kappa shape index (κ2) is 8.08. The number of carbonyl (C=O) groups excluding carboxylic acids is 1. The van der Waals surface area contributed by atoms with E-state index < -0.39 is 6.10 Å². The number of nitrogens with zero attached hydrogens (tertiary/aromatic N) is 1. The van der Waals surface area contributed by atoms with Gasteiger partial charge in [0.15, 0.2) is 0 Å². The van der Waals surface area contributed by atoms with Crippen molar-refractivity contribution in [2.45, 2.75) is 26.1 Å². The first-order chi connectivity index (χ1) is 11.0. The van der Waals surface area contributed by atoms with Crippen LogP contribution in [0, 0.1) is 0 Å². The van der Waals surface area contributed by atoms with Crippen LogP contribution in [0.1, 0.15) is 36.0 Å². The van der Waals surface area contributed by atoms with Crippen LogP contribution in [0.25, 0.3) is 0 Å². The lowest BCUT2D eigenvalue weighted by Gasteiger charge is -2.14. The fourth-order valence-electron chi connectivity index (χ4n) is 1.98. The van der Waals surface area contributed by atoms with Crippen LogP contribution in [0.15, 0.2) is 47.1 Å². The largest absolute Gasteiger partial charge is 0.491 e. The van der Waals surface area contributed by atoms with E-state index in [1.807, 2.05) is 13.8 Å². The molecule has 0 fully saturated rings. The first-order valence-electron chi connectivity index (χ1n) is 7.30. The Morgan fingerprint density at radius 3 is 2.61 bits per heavy atom. The summed E-state index contributed by atoms with van der Waals surface area (Å²) in [6, 6.07) is 10.6. The Kier molecular flexibility index (Phi) is 6.12. The van der Waals surface area contributed by atoms with Gasteiger partial charge in [-0.15, -0.1) is 0 Å². The van der Waals surface area contributed by atoms with E-state index in [-0.39, 0.29) is 18.6 Å². The molecule has 0 spiro atoms. The minimum Gasteiger partial charge on any atom is -0.491 e. The number of aromatic nitrogens is 1. The van der Waals surface area contributed by atoms with Crippen molar-refractivity contribution in [1.29, 1.82) is 0 Å². The minimum atomic E-state index is -0.797. The van der Waals surface area contributed by atoms with Crippen LogP contribution in [0.3, 0.4) is 0 Å². The molecule has 2 N–H and O–H groups in total. The second-order valence-corrected chi connectivity index (χ2v) is 6.15. The lowest BCUT2D eigenvalue weighted by Crippen LogP contribution is -2.29. The average Bonchev–Trinajstić information content (AvgIpc) is 2.53. The van der Waals surface area contributed by atoms with Gasteiger partial charge in [0.25, 0.3) is 5.91 Å². The number of nitrogens with one attached hydrogen (secondary N) is 1. The minimum absolute atomic E-state index is 0.0990. The number of halogens is 1. The van der Waals surface area contributed by atoms with Crippen molar-refractivity contribution >= 4 is 21.8 Å². The summed E-state index contributed by atoms with van der Waals surface area (Å²) in [7, 11) is 0. The highest BCUT2D eigenvalue weighted by molar-refractivity contribution is 9.10. The van der Waals surface area contributed by atoms with Crippen molar-refractivity contribution in [3.8, 4) is 5.75 Å². The Morgan fingerprint density at radius 2 is 2.00 bits per heavy atom. The van der Waals surface area contributed by atoms with Crippen molar-refractivity contribution in [2.24, 2.45) is 0 Å². The SMILES string of the molecule is CC(C)Oc1ccc([C@@H](O)CNC(=O)c2ncccc2Br)cc1. The number of hydrogen-bond donors (Lipinski definition) is 2. The predicted octanol–water partition coefficient (Wildman–Crippen LogP) is 3.09. The smallest absolute Gasteiger partial charge is 0.271 e. The molecule has 0 aliphatic carbocycles. The van der Waals surface area contributed by atoms with Crippen LogP contribution < -0.4 is 10.1 Å². The summed E-state index contributed by atoms with van der Waals surface area (Å²) in [4.78, 5) is 16.1. The number of hydrogen-bond acceptors (Lipinski definition) is 4. The molecule has 1 aromatic carbocycles. The van der Waals surface area contributed by atoms with Crippen molar-refractivity contribution in [3.63, 3.8) is 0 Å². The summed E-state index contributed by atoms with van der Waals surface area (Å²) < 4.78 is 6.17. The lowest BCUT2D eigenvalue weighted by molar-refractivity contribution is 0.0910. The number of aliphatic hydroxyl groups excluding tert-OH is 1. The molecule has 0 unspecified atom stereocenters. The van der Waals surface area contributed by atoms with Gasteiger partial charge in [0.05, 0.1) is 12.2 Å². The average molecular weight is 379 g/mol. The molecule has 122 valence electrons. The molecule has 0 aliphatic rings. The van der Waals surface area contributed by atoms with Gasteiger partial charge in [-0.3, -0.25) is 4.79 Å². The van der Waals surface area contributed by atoms with Crippen LogP contribution in [0.2, 0.25) is 0 Å². The molecule has 1 atom stereocenters. The molecule has 2 rings (SSSR count). The maximum absolute atomic E-state index is 12.0. The van der Waals surface area contributed by atoms with E-state index in [1.54, 1.807) is 42.6 Å². The summed E-state index contributed by atoms with van der Waals surface area (Å²) >= 11 is 3.28. The molecule has 0 saturated carbocycles. The number of amides is 1. The Labute approximate surface area is 143 Å². The van der Waals surface area contributed by atoms with E-state index >= 15 is 0 Å². The molecular formula is C17H19BrN2O3. The van der Waals surface area contributed by atoms with Gasteiger partial charge >= 0.3 is 0 Å². The third kappa shape index (κ3) is 5.04.